The van der Waals surface area contributed by atoms with Crippen LogP contribution < -0.4 is 9.64 Å². The normalized spacial score (nSPS) is 11.8. The van der Waals surface area contributed by atoms with Crippen LogP contribution in [0.5, 0.6) is 5.75 Å². The first-order chi connectivity index (χ1) is 15.3. The third-order valence-corrected chi connectivity index (χ3v) is 9.01. The lowest BCUT2D eigenvalue weighted by Crippen LogP contribution is -2.39. The summed E-state index contributed by atoms with van der Waals surface area (Å²) in [7, 11) is -0.851. The number of ether oxygens (including phenoxy) is 1. The van der Waals surface area contributed by atoms with Crippen molar-refractivity contribution in [2.24, 2.45) is 0 Å². The lowest BCUT2D eigenvalue weighted by Gasteiger charge is -2.25. The van der Waals surface area contributed by atoms with E-state index in [0.29, 0.717) is 16.6 Å². The number of methoxy groups -OCH3 is 1. The van der Waals surface area contributed by atoms with Crippen LogP contribution in [0, 0.1) is 6.92 Å². The summed E-state index contributed by atoms with van der Waals surface area (Å²) in [6.45, 7) is 1.56. The highest BCUT2D eigenvalue weighted by atomic mass is 32.2. The first-order valence-electron chi connectivity index (χ1n) is 9.64. The Morgan fingerprint density at radius 3 is 2.59 bits per heavy atom. The standard InChI is InChI=1S/C22H21N3O4S3/c1-15-10-11-18(29-3)17(13-15)25(22-23-16-7-4-5-8-19(16)31-22)20(26)14-24(2)32(27,28)21-9-6-12-30-21/h4-13H,14H2,1-3H3. The number of benzene rings is 2. The second-order valence-corrected chi connectivity index (χ2v) is 11.3. The minimum Gasteiger partial charge on any atom is -0.495 e. The van der Waals surface area contributed by atoms with Gasteiger partial charge >= 0.3 is 0 Å². The molecule has 2 aromatic carbocycles. The number of likely N-dealkylation sites (N-methyl/N-ethyl adjacent to an activating group) is 1. The molecule has 32 heavy (non-hydrogen) atoms. The van der Waals surface area contributed by atoms with Crippen LogP contribution in [0.15, 0.2) is 64.2 Å². The Hall–Kier alpha value is -2.79. The van der Waals surface area contributed by atoms with Crippen molar-refractivity contribution in [3.05, 3.63) is 65.5 Å². The number of amides is 1. The molecule has 0 aliphatic rings. The van der Waals surface area contributed by atoms with Crippen LogP contribution in [0.25, 0.3) is 10.2 Å². The molecule has 4 rings (SSSR count). The molecule has 0 fully saturated rings. The van der Waals surface area contributed by atoms with Crippen LogP contribution in [0.4, 0.5) is 10.8 Å². The van der Waals surface area contributed by atoms with E-state index in [9.17, 15) is 13.2 Å². The van der Waals surface area contributed by atoms with Gasteiger partial charge in [0.15, 0.2) is 5.13 Å². The molecule has 2 heterocycles. The summed E-state index contributed by atoms with van der Waals surface area (Å²) < 4.78 is 33.4. The number of sulfonamides is 1. The van der Waals surface area contributed by atoms with E-state index in [-0.39, 0.29) is 10.8 Å². The monoisotopic (exact) mass is 487 g/mol. The minimum absolute atomic E-state index is 0.187. The fourth-order valence-electron chi connectivity index (χ4n) is 3.18. The lowest BCUT2D eigenvalue weighted by atomic mass is 10.2. The molecule has 0 aliphatic heterocycles. The smallest absolute Gasteiger partial charge is 0.252 e. The van der Waals surface area contributed by atoms with Gasteiger partial charge in [-0.3, -0.25) is 9.69 Å². The zero-order chi connectivity index (χ0) is 22.9. The SMILES string of the molecule is COc1ccc(C)cc1N(C(=O)CN(C)S(=O)(=O)c1cccs1)c1nc2ccccc2s1. The Kier molecular flexibility index (Phi) is 6.29. The van der Waals surface area contributed by atoms with Crippen molar-refractivity contribution in [1.29, 1.82) is 0 Å². The van der Waals surface area contributed by atoms with Gasteiger partial charge in [-0.1, -0.05) is 35.6 Å². The van der Waals surface area contributed by atoms with Gasteiger partial charge in [-0.2, -0.15) is 4.31 Å². The summed E-state index contributed by atoms with van der Waals surface area (Å²) in [6.07, 6.45) is 0. The summed E-state index contributed by atoms with van der Waals surface area (Å²) in [4.78, 5) is 19.6. The fourth-order valence-corrected chi connectivity index (χ4v) is 6.50. The molecule has 0 spiro atoms. The number of hydrogen-bond donors (Lipinski definition) is 0. The average molecular weight is 488 g/mol. The predicted molar refractivity (Wildman–Crippen MR) is 129 cm³/mol. The Bertz CT molecular complexity index is 1330. The number of aryl methyl sites for hydroxylation is 1. The molecule has 1 amide bonds. The third-order valence-electron chi connectivity index (χ3n) is 4.82. The topological polar surface area (TPSA) is 79.8 Å². The Labute approximate surface area is 194 Å². The number of nitrogens with zero attached hydrogens (tertiary/aromatic N) is 3. The summed E-state index contributed by atoms with van der Waals surface area (Å²) in [6, 6.07) is 16.3. The maximum Gasteiger partial charge on any atom is 0.252 e. The van der Waals surface area contributed by atoms with E-state index in [0.717, 1.165) is 31.4 Å². The van der Waals surface area contributed by atoms with Gasteiger partial charge in [-0.15, -0.1) is 11.3 Å². The highest BCUT2D eigenvalue weighted by molar-refractivity contribution is 7.91. The molecule has 0 aliphatic carbocycles. The van der Waals surface area contributed by atoms with Gasteiger partial charge in [0.05, 0.1) is 29.6 Å². The number of anilines is 2. The Morgan fingerprint density at radius 2 is 1.91 bits per heavy atom. The van der Waals surface area contributed by atoms with Crippen molar-refractivity contribution < 1.29 is 17.9 Å². The molecule has 0 atom stereocenters. The van der Waals surface area contributed by atoms with Crippen LogP contribution in [0.1, 0.15) is 5.56 Å². The number of para-hydroxylation sites is 1. The quantitative estimate of drug-likeness (QED) is 0.379. The highest BCUT2D eigenvalue weighted by Gasteiger charge is 2.30. The number of thiazole rings is 1. The molecular formula is C22H21N3O4S3. The Morgan fingerprint density at radius 1 is 1.12 bits per heavy atom. The molecule has 0 saturated carbocycles. The van der Waals surface area contributed by atoms with E-state index in [2.05, 4.69) is 4.98 Å². The zero-order valence-corrected chi connectivity index (χ0v) is 20.1. The van der Waals surface area contributed by atoms with Crippen molar-refractivity contribution in [2.45, 2.75) is 11.1 Å². The Balaban J connectivity index is 1.77. The molecule has 0 bridgehead atoms. The molecule has 10 heteroatoms. The molecule has 4 aromatic rings. The van der Waals surface area contributed by atoms with Crippen LogP contribution in [0.2, 0.25) is 0 Å². The number of hydrogen-bond acceptors (Lipinski definition) is 7. The fraction of sp³-hybridized carbons (Fsp3) is 0.182. The second-order valence-electron chi connectivity index (χ2n) is 7.06. The van der Waals surface area contributed by atoms with Crippen LogP contribution >= 0.6 is 22.7 Å². The van der Waals surface area contributed by atoms with Gasteiger partial charge in [0, 0.05) is 7.05 Å². The van der Waals surface area contributed by atoms with Gasteiger partial charge in [0.2, 0.25) is 5.91 Å². The van der Waals surface area contributed by atoms with Gasteiger partial charge in [-0.25, -0.2) is 13.4 Å². The lowest BCUT2D eigenvalue weighted by molar-refractivity contribution is -0.117. The summed E-state index contributed by atoms with van der Waals surface area (Å²) in [5.41, 5.74) is 2.20. The molecule has 166 valence electrons. The summed E-state index contributed by atoms with van der Waals surface area (Å²) in [5, 5.41) is 2.13. The molecule has 0 radical (unpaired) electrons. The van der Waals surface area contributed by atoms with E-state index in [1.165, 1.54) is 36.5 Å². The predicted octanol–water partition coefficient (Wildman–Crippen LogP) is 4.66. The maximum atomic E-state index is 13.6. The molecule has 0 N–H and O–H groups in total. The number of aromatic nitrogens is 1. The highest BCUT2D eigenvalue weighted by Crippen LogP contribution is 2.38. The largest absolute Gasteiger partial charge is 0.495 e. The van der Waals surface area contributed by atoms with Gasteiger partial charge in [-0.05, 0) is 48.2 Å². The number of carbonyl (C=O) groups excluding carboxylic acids is 1. The van der Waals surface area contributed by atoms with Gasteiger partial charge in [0.1, 0.15) is 9.96 Å². The number of rotatable bonds is 7. The van der Waals surface area contributed by atoms with Crippen molar-refractivity contribution in [2.75, 3.05) is 25.6 Å². The van der Waals surface area contributed by atoms with Crippen molar-refractivity contribution >= 4 is 59.6 Å². The van der Waals surface area contributed by atoms with E-state index in [1.54, 1.807) is 17.5 Å². The van der Waals surface area contributed by atoms with E-state index in [1.807, 2.05) is 43.3 Å². The molecule has 2 aromatic heterocycles. The van der Waals surface area contributed by atoms with Crippen LogP contribution in [-0.4, -0.2) is 44.3 Å². The minimum atomic E-state index is -3.78. The third kappa shape index (κ3) is 4.26. The van der Waals surface area contributed by atoms with Crippen molar-refractivity contribution in [1.82, 2.24) is 9.29 Å². The van der Waals surface area contributed by atoms with Crippen LogP contribution in [-0.2, 0) is 14.8 Å². The number of fused-ring (bicyclic) bond motifs is 1. The molecule has 0 saturated heterocycles. The molecule has 7 nitrogen and oxygen atoms in total. The van der Waals surface area contributed by atoms with E-state index in [4.69, 9.17) is 4.74 Å². The molecule has 0 unspecified atom stereocenters. The van der Waals surface area contributed by atoms with Crippen molar-refractivity contribution in [3.8, 4) is 5.75 Å². The van der Waals surface area contributed by atoms with E-state index < -0.39 is 15.9 Å². The van der Waals surface area contributed by atoms with Crippen molar-refractivity contribution in [3.63, 3.8) is 0 Å². The van der Waals surface area contributed by atoms with E-state index >= 15 is 0 Å². The summed E-state index contributed by atoms with van der Waals surface area (Å²) >= 11 is 2.47. The zero-order valence-electron chi connectivity index (χ0n) is 17.7. The maximum absolute atomic E-state index is 13.6. The number of carbonyl (C=O) groups is 1. The van der Waals surface area contributed by atoms with Crippen LogP contribution in [0.3, 0.4) is 0 Å². The van der Waals surface area contributed by atoms with Gasteiger partial charge in [0.25, 0.3) is 10.0 Å². The second kappa shape index (κ2) is 8.99. The first kappa shape index (κ1) is 22.4. The number of thiophene rings is 1. The van der Waals surface area contributed by atoms with Gasteiger partial charge < -0.3 is 4.74 Å². The first-order valence-corrected chi connectivity index (χ1v) is 12.8. The average Bonchev–Trinajstić information content (AvgIpc) is 3.44. The summed E-state index contributed by atoms with van der Waals surface area (Å²) in [5.74, 6) is 0.0579. The molecular weight excluding hydrogens is 466 g/mol.